The molecular formula is C13H7F3N4O. The van der Waals surface area contributed by atoms with E-state index in [1.165, 1.54) is 18.6 Å². The zero-order valence-corrected chi connectivity index (χ0v) is 10.4. The van der Waals surface area contributed by atoms with E-state index in [4.69, 9.17) is 4.52 Å². The molecule has 5 nitrogen and oxygen atoms in total. The molecule has 0 saturated carbocycles. The van der Waals surface area contributed by atoms with Crippen molar-refractivity contribution in [2.75, 3.05) is 0 Å². The Morgan fingerprint density at radius 3 is 2.48 bits per heavy atom. The highest BCUT2D eigenvalue weighted by atomic mass is 19.1. The molecule has 0 fully saturated rings. The Kier molecular flexibility index (Phi) is 3.35. The third-order valence-electron chi connectivity index (χ3n) is 2.69. The monoisotopic (exact) mass is 292 g/mol. The maximum Gasteiger partial charge on any atom is 0.231 e. The number of benzene rings is 1. The predicted molar refractivity (Wildman–Crippen MR) is 64.4 cm³/mol. The van der Waals surface area contributed by atoms with Gasteiger partial charge in [0.2, 0.25) is 11.7 Å². The molecule has 0 N–H and O–H groups in total. The Labute approximate surface area is 116 Å². The van der Waals surface area contributed by atoms with Gasteiger partial charge in [-0.3, -0.25) is 4.98 Å². The number of aromatic nitrogens is 4. The Morgan fingerprint density at radius 1 is 1.05 bits per heavy atom. The van der Waals surface area contributed by atoms with Gasteiger partial charge in [-0.15, -0.1) is 0 Å². The molecule has 0 spiro atoms. The SMILES string of the molecule is Fc1cc(F)c(Cc2nc(-c3cnccn3)no2)c(F)c1. The summed E-state index contributed by atoms with van der Waals surface area (Å²) in [6.07, 6.45) is 4.07. The first-order valence-electron chi connectivity index (χ1n) is 5.86. The minimum absolute atomic E-state index is 0.0138. The smallest absolute Gasteiger partial charge is 0.231 e. The Morgan fingerprint density at radius 2 is 1.81 bits per heavy atom. The van der Waals surface area contributed by atoms with E-state index in [0.29, 0.717) is 17.8 Å². The van der Waals surface area contributed by atoms with Crippen molar-refractivity contribution >= 4 is 0 Å². The van der Waals surface area contributed by atoms with Gasteiger partial charge in [-0.2, -0.15) is 4.98 Å². The second-order valence-electron chi connectivity index (χ2n) is 4.13. The molecule has 0 saturated heterocycles. The second kappa shape index (κ2) is 5.31. The Hall–Kier alpha value is -2.77. The lowest BCUT2D eigenvalue weighted by Crippen LogP contribution is -1.99. The fourth-order valence-electron chi connectivity index (χ4n) is 1.74. The highest BCUT2D eigenvalue weighted by molar-refractivity contribution is 5.45. The maximum absolute atomic E-state index is 13.5. The molecule has 2 aromatic heterocycles. The zero-order valence-electron chi connectivity index (χ0n) is 10.4. The number of hydrogen-bond acceptors (Lipinski definition) is 5. The van der Waals surface area contributed by atoms with Crippen molar-refractivity contribution in [2.45, 2.75) is 6.42 Å². The standard InChI is InChI=1S/C13H7F3N4O/c14-7-3-9(15)8(10(16)4-7)5-12-19-13(20-21-12)11-6-17-1-2-18-11/h1-4,6H,5H2. The summed E-state index contributed by atoms with van der Waals surface area (Å²) in [6.45, 7) is 0. The van der Waals surface area contributed by atoms with Crippen molar-refractivity contribution < 1.29 is 17.7 Å². The lowest BCUT2D eigenvalue weighted by Gasteiger charge is -2.01. The molecule has 8 heteroatoms. The van der Waals surface area contributed by atoms with E-state index < -0.39 is 17.5 Å². The van der Waals surface area contributed by atoms with E-state index in [0.717, 1.165) is 0 Å². The van der Waals surface area contributed by atoms with Crippen molar-refractivity contribution in [3.8, 4) is 11.5 Å². The van der Waals surface area contributed by atoms with Crippen LogP contribution in [-0.4, -0.2) is 20.1 Å². The maximum atomic E-state index is 13.5. The van der Waals surface area contributed by atoms with Gasteiger partial charge in [-0.05, 0) is 0 Å². The number of halogens is 3. The summed E-state index contributed by atoms with van der Waals surface area (Å²) < 4.78 is 44.8. The van der Waals surface area contributed by atoms with Crippen LogP contribution < -0.4 is 0 Å². The van der Waals surface area contributed by atoms with E-state index in [2.05, 4.69) is 20.1 Å². The van der Waals surface area contributed by atoms with Crippen molar-refractivity contribution in [1.29, 1.82) is 0 Å². The number of nitrogens with zero attached hydrogens (tertiary/aromatic N) is 4. The van der Waals surface area contributed by atoms with Gasteiger partial charge >= 0.3 is 0 Å². The molecule has 0 atom stereocenters. The minimum atomic E-state index is -1.01. The van der Waals surface area contributed by atoms with Crippen LogP contribution in [0.3, 0.4) is 0 Å². The number of rotatable bonds is 3. The zero-order chi connectivity index (χ0) is 14.8. The molecule has 0 aliphatic rings. The fourth-order valence-corrected chi connectivity index (χ4v) is 1.74. The second-order valence-corrected chi connectivity index (χ2v) is 4.13. The van der Waals surface area contributed by atoms with Crippen LogP contribution in [0.15, 0.2) is 35.2 Å². The summed E-state index contributed by atoms with van der Waals surface area (Å²) in [6, 6.07) is 1.19. The first kappa shape index (κ1) is 13.2. The molecule has 0 aliphatic carbocycles. The summed E-state index contributed by atoms with van der Waals surface area (Å²) in [5.74, 6) is -2.86. The molecule has 0 aliphatic heterocycles. The summed E-state index contributed by atoms with van der Waals surface area (Å²) in [7, 11) is 0. The molecule has 0 unspecified atom stereocenters. The fraction of sp³-hybridized carbons (Fsp3) is 0.0769. The van der Waals surface area contributed by atoms with E-state index in [1.807, 2.05) is 0 Å². The number of hydrogen-bond donors (Lipinski definition) is 0. The molecule has 106 valence electrons. The quantitative estimate of drug-likeness (QED) is 0.742. The molecule has 0 radical (unpaired) electrons. The van der Waals surface area contributed by atoms with E-state index in [9.17, 15) is 13.2 Å². The topological polar surface area (TPSA) is 64.7 Å². The first-order chi connectivity index (χ1) is 10.1. The molecule has 1 aromatic carbocycles. The van der Waals surface area contributed by atoms with Crippen LogP contribution in [0.25, 0.3) is 11.5 Å². The van der Waals surface area contributed by atoms with Gasteiger partial charge < -0.3 is 4.52 Å². The lowest BCUT2D eigenvalue weighted by atomic mass is 10.1. The highest BCUT2D eigenvalue weighted by Gasteiger charge is 2.16. The largest absolute Gasteiger partial charge is 0.339 e. The third-order valence-corrected chi connectivity index (χ3v) is 2.69. The molecule has 2 heterocycles. The highest BCUT2D eigenvalue weighted by Crippen LogP contribution is 2.19. The van der Waals surface area contributed by atoms with E-state index in [-0.39, 0.29) is 23.7 Å². The van der Waals surface area contributed by atoms with Gasteiger partial charge in [-0.25, -0.2) is 18.2 Å². The van der Waals surface area contributed by atoms with Gasteiger partial charge in [0.25, 0.3) is 0 Å². The molecule has 3 aromatic rings. The van der Waals surface area contributed by atoms with E-state index in [1.54, 1.807) is 0 Å². The van der Waals surface area contributed by atoms with Crippen molar-refractivity contribution in [2.24, 2.45) is 0 Å². The normalized spacial score (nSPS) is 10.8. The molecular weight excluding hydrogens is 285 g/mol. The molecule has 21 heavy (non-hydrogen) atoms. The summed E-state index contributed by atoms with van der Waals surface area (Å²) in [5, 5.41) is 3.65. The van der Waals surface area contributed by atoms with Gasteiger partial charge in [0, 0.05) is 30.1 Å². The van der Waals surface area contributed by atoms with Crippen LogP contribution in [-0.2, 0) is 6.42 Å². The van der Waals surface area contributed by atoms with Gasteiger partial charge in [0.15, 0.2) is 0 Å². The summed E-state index contributed by atoms with van der Waals surface area (Å²) in [5.41, 5.74) is 0.0262. The van der Waals surface area contributed by atoms with Crippen molar-refractivity contribution in [3.05, 3.63) is 59.6 Å². The van der Waals surface area contributed by atoms with Gasteiger partial charge in [0.05, 0.1) is 12.6 Å². The Bertz CT molecular complexity index is 753. The van der Waals surface area contributed by atoms with Crippen molar-refractivity contribution in [1.82, 2.24) is 20.1 Å². The predicted octanol–water partition coefficient (Wildman–Crippen LogP) is 2.53. The van der Waals surface area contributed by atoms with Crippen LogP contribution in [0, 0.1) is 17.5 Å². The average molecular weight is 292 g/mol. The Balaban J connectivity index is 1.89. The van der Waals surface area contributed by atoms with Crippen molar-refractivity contribution in [3.63, 3.8) is 0 Å². The molecule has 3 rings (SSSR count). The van der Waals surface area contributed by atoms with Crippen LogP contribution in [0.1, 0.15) is 11.5 Å². The molecule has 0 bridgehead atoms. The molecule has 0 amide bonds. The lowest BCUT2D eigenvalue weighted by molar-refractivity contribution is 0.381. The summed E-state index contributed by atoms with van der Waals surface area (Å²) >= 11 is 0. The van der Waals surface area contributed by atoms with E-state index >= 15 is 0 Å². The first-order valence-corrected chi connectivity index (χ1v) is 5.86. The summed E-state index contributed by atoms with van der Waals surface area (Å²) in [4.78, 5) is 11.8. The van der Waals surface area contributed by atoms with Gasteiger partial charge in [0.1, 0.15) is 23.1 Å². The van der Waals surface area contributed by atoms with Gasteiger partial charge in [-0.1, -0.05) is 5.16 Å². The minimum Gasteiger partial charge on any atom is -0.339 e. The van der Waals surface area contributed by atoms with Crippen LogP contribution >= 0.6 is 0 Å². The van der Waals surface area contributed by atoms with Crippen LogP contribution in [0.2, 0.25) is 0 Å². The van der Waals surface area contributed by atoms with Crippen LogP contribution in [0.4, 0.5) is 13.2 Å². The average Bonchev–Trinajstić information content (AvgIpc) is 2.92. The van der Waals surface area contributed by atoms with Crippen LogP contribution in [0.5, 0.6) is 0 Å². The third kappa shape index (κ3) is 2.73.